The van der Waals surface area contributed by atoms with Crippen LogP contribution in [0.4, 0.5) is 0 Å². The summed E-state index contributed by atoms with van der Waals surface area (Å²) in [6.07, 6.45) is 2.73. The maximum Gasteiger partial charge on any atom is 0.0597 e. The van der Waals surface area contributed by atoms with Gasteiger partial charge in [0.15, 0.2) is 0 Å². The molecule has 1 aromatic rings. The van der Waals surface area contributed by atoms with E-state index in [1.165, 1.54) is 18.5 Å². The van der Waals surface area contributed by atoms with Gasteiger partial charge in [0.05, 0.1) is 11.4 Å². The molecule has 0 spiro atoms. The lowest BCUT2D eigenvalue weighted by molar-refractivity contribution is 0.562. The first-order chi connectivity index (χ1) is 7.79. The average Bonchev–Trinajstić information content (AvgIpc) is 3.01. The van der Waals surface area contributed by atoms with E-state index in [4.69, 9.17) is 0 Å². The molecule has 90 valence electrons. The second-order valence-electron chi connectivity index (χ2n) is 4.50. The summed E-state index contributed by atoms with van der Waals surface area (Å²) in [7, 11) is 0. The van der Waals surface area contributed by atoms with Crippen molar-refractivity contribution in [3.63, 3.8) is 0 Å². The second-order valence-corrected chi connectivity index (χ2v) is 4.50. The fourth-order valence-corrected chi connectivity index (χ4v) is 1.88. The quantitative estimate of drug-likeness (QED) is 0.678. The Morgan fingerprint density at radius 2 is 2.25 bits per heavy atom. The average molecular weight is 222 g/mol. The minimum atomic E-state index is 0.810. The van der Waals surface area contributed by atoms with Crippen LogP contribution in [-0.4, -0.2) is 28.9 Å². The van der Waals surface area contributed by atoms with Crippen LogP contribution in [0.25, 0.3) is 0 Å². The molecule has 0 aliphatic heterocycles. The van der Waals surface area contributed by atoms with Gasteiger partial charge in [-0.2, -0.15) is 5.10 Å². The molecular formula is C12H22N4. The third kappa shape index (κ3) is 3.32. The van der Waals surface area contributed by atoms with Gasteiger partial charge in [0.25, 0.3) is 0 Å². The molecule has 4 heteroatoms. The maximum absolute atomic E-state index is 4.43. The first-order valence-corrected chi connectivity index (χ1v) is 6.27. The molecule has 2 rings (SSSR count). The molecule has 1 aromatic heterocycles. The van der Waals surface area contributed by atoms with Gasteiger partial charge in [0.1, 0.15) is 0 Å². The highest BCUT2D eigenvalue weighted by molar-refractivity contribution is 5.08. The van der Waals surface area contributed by atoms with Crippen molar-refractivity contribution in [2.45, 2.75) is 45.8 Å². The van der Waals surface area contributed by atoms with Gasteiger partial charge in [-0.15, -0.1) is 0 Å². The van der Waals surface area contributed by atoms with Crippen molar-refractivity contribution in [2.75, 3.05) is 13.1 Å². The Kier molecular flexibility index (Phi) is 3.96. The van der Waals surface area contributed by atoms with E-state index in [-0.39, 0.29) is 0 Å². The molecule has 16 heavy (non-hydrogen) atoms. The molecule has 1 heterocycles. The first kappa shape index (κ1) is 11.6. The van der Waals surface area contributed by atoms with Crippen LogP contribution in [0.5, 0.6) is 0 Å². The van der Waals surface area contributed by atoms with Gasteiger partial charge in [0.2, 0.25) is 0 Å². The highest BCUT2D eigenvalue weighted by atomic mass is 15.3. The topological polar surface area (TPSA) is 41.9 Å². The number of aryl methyl sites for hydroxylation is 2. The van der Waals surface area contributed by atoms with Crippen molar-refractivity contribution >= 4 is 0 Å². The molecule has 0 bridgehead atoms. The van der Waals surface area contributed by atoms with Gasteiger partial charge >= 0.3 is 0 Å². The predicted molar refractivity (Wildman–Crippen MR) is 65.4 cm³/mol. The van der Waals surface area contributed by atoms with Crippen molar-refractivity contribution < 1.29 is 0 Å². The van der Waals surface area contributed by atoms with Crippen LogP contribution in [0.2, 0.25) is 0 Å². The van der Waals surface area contributed by atoms with E-state index in [1.807, 2.05) is 6.92 Å². The monoisotopic (exact) mass is 222 g/mol. The zero-order valence-corrected chi connectivity index (χ0v) is 10.3. The Balaban J connectivity index is 1.66. The molecular weight excluding hydrogens is 200 g/mol. The Morgan fingerprint density at radius 1 is 1.44 bits per heavy atom. The number of hydrogen-bond donors (Lipinski definition) is 2. The summed E-state index contributed by atoms with van der Waals surface area (Å²) in [5.74, 6) is 0. The van der Waals surface area contributed by atoms with Crippen LogP contribution < -0.4 is 10.6 Å². The van der Waals surface area contributed by atoms with Gasteiger partial charge in [-0.25, -0.2) is 0 Å². The van der Waals surface area contributed by atoms with E-state index >= 15 is 0 Å². The Bertz CT molecular complexity index is 328. The SMILES string of the molecule is CCn1nc(C)cc1CNCCNC1CC1. The largest absolute Gasteiger partial charge is 0.313 e. The lowest BCUT2D eigenvalue weighted by Crippen LogP contribution is -2.28. The van der Waals surface area contributed by atoms with Gasteiger partial charge in [-0.1, -0.05) is 0 Å². The van der Waals surface area contributed by atoms with Crippen LogP contribution in [0.1, 0.15) is 31.2 Å². The molecule has 0 radical (unpaired) electrons. The van der Waals surface area contributed by atoms with Crippen molar-refractivity contribution in [1.29, 1.82) is 0 Å². The molecule has 1 aliphatic rings. The highest BCUT2D eigenvalue weighted by Gasteiger charge is 2.19. The molecule has 0 unspecified atom stereocenters. The number of aromatic nitrogens is 2. The Hall–Kier alpha value is -0.870. The lowest BCUT2D eigenvalue weighted by atomic mass is 10.3. The van der Waals surface area contributed by atoms with Crippen molar-refractivity contribution in [3.05, 3.63) is 17.5 Å². The fourth-order valence-electron chi connectivity index (χ4n) is 1.88. The predicted octanol–water partition coefficient (Wildman–Crippen LogP) is 1.05. The maximum atomic E-state index is 4.43. The summed E-state index contributed by atoms with van der Waals surface area (Å²) >= 11 is 0. The lowest BCUT2D eigenvalue weighted by Gasteiger charge is -2.07. The van der Waals surface area contributed by atoms with Crippen LogP contribution in [0.15, 0.2) is 6.07 Å². The van der Waals surface area contributed by atoms with E-state index < -0.39 is 0 Å². The summed E-state index contributed by atoms with van der Waals surface area (Å²) < 4.78 is 2.07. The Labute approximate surface area is 97.4 Å². The van der Waals surface area contributed by atoms with E-state index in [0.29, 0.717) is 0 Å². The number of nitrogens with zero attached hydrogens (tertiary/aromatic N) is 2. The fraction of sp³-hybridized carbons (Fsp3) is 0.750. The zero-order valence-electron chi connectivity index (χ0n) is 10.3. The summed E-state index contributed by atoms with van der Waals surface area (Å²) in [4.78, 5) is 0. The van der Waals surface area contributed by atoms with Crippen molar-refractivity contribution in [3.8, 4) is 0 Å². The van der Waals surface area contributed by atoms with Crippen LogP contribution >= 0.6 is 0 Å². The summed E-state index contributed by atoms with van der Waals surface area (Å²) in [5.41, 5.74) is 2.39. The molecule has 1 aliphatic carbocycles. The summed E-state index contributed by atoms with van der Waals surface area (Å²) in [5, 5.41) is 11.4. The van der Waals surface area contributed by atoms with Crippen LogP contribution in [-0.2, 0) is 13.1 Å². The van der Waals surface area contributed by atoms with Gasteiger partial charge in [0, 0.05) is 32.2 Å². The number of rotatable bonds is 7. The van der Waals surface area contributed by atoms with Crippen molar-refractivity contribution in [2.24, 2.45) is 0 Å². The molecule has 0 amide bonds. The number of hydrogen-bond acceptors (Lipinski definition) is 3. The minimum Gasteiger partial charge on any atom is -0.313 e. The minimum absolute atomic E-state index is 0.810. The molecule has 0 atom stereocenters. The molecule has 2 N–H and O–H groups in total. The summed E-state index contributed by atoms with van der Waals surface area (Å²) in [6, 6.07) is 2.97. The standard InChI is InChI=1S/C12H22N4/c1-3-16-12(8-10(2)15-16)9-13-6-7-14-11-4-5-11/h8,11,13-14H,3-7,9H2,1-2H3. The first-order valence-electron chi connectivity index (χ1n) is 6.27. The van der Waals surface area contributed by atoms with Crippen molar-refractivity contribution in [1.82, 2.24) is 20.4 Å². The molecule has 0 aromatic carbocycles. The number of nitrogens with one attached hydrogen (secondary N) is 2. The highest BCUT2D eigenvalue weighted by Crippen LogP contribution is 2.17. The molecule has 1 fully saturated rings. The smallest absolute Gasteiger partial charge is 0.0597 e. The van der Waals surface area contributed by atoms with E-state index in [2.05, 4.69) is 33.4 Å². The molecule has 4 nitrogen and oxygen atoms in total. The van der Waals surface area contributed by atoms with Gasteiger partial charge in [-0.3, -0.25) is 4.68 Å². The zero-order chi connectivity index (χ0) is 11.4. The third-order valence-corrected chi connectivity index (χ3v) is 2.90. The van der Waals surface area contributed by atoms with E-state index in [1.54, 1.807) is 0 Å². The summed E-state index contributed by atoms with van der Waals surface area (Å²) in [6.45, 7) is 8.15. The van der Waals surface area contributed by atoms with Gasteiger partial charge in [-0.05, 0) is 32.8 Å². The normalized spacial score (nSPS) is 15.6. The van der Waals surface area contributed by atoms with E-state index in [0.717, 1.165) is 37.9 Å². The molecule has 0 saturated heterocycles. The van der Waals surface area contributed by atoms with E-state index in [9.17, 15) is 0 Å². The molecule has 1 saturated carbocycles. The Morgan fingerprint density at radius 3 is 2.94 bits per heavy atom. The second kappa shape index (κ2) is 5.46. The van der Waals surface area contributed by atoms with Crippen LogP contribution in [0, 0.1) is 6.92 Å². The van der Waals surface area contributed by atoms with Crippen LogP contribution in [0.3, 0.4) is 0 Å². The third-order valence-electron chi connectivity index (χ3n) is 2.90. The van der Waals surface area contributed by atoms with Gasteiger partial charge < -0.3 is 10.6 Å².